The molecular weight excluding hydrogens is 382 g/mol. The predicted octanol–water partition coefficient (Wildman–Crippen LogP) is 2.53. The number of aromatic nitrogens is 2. The summed E-state index contributed by atoms with van der Waals surface area (Å²) >= 11 is 0. The summed E-state index contributed by atoms with van der Waals surface area (Å²) in [6, 6.07) is 11.6. The smallest absolute Gasteiger partial charge is 0.408 e. The molecule has 160 valence electrons. The number of ether oxygens (including phenoxy) is 1. The summed E-state index contributed by atoms with van der Waals surface area (Å²) in [4.78, 5) is 21.2. The number of hydrogen-bond acceptors (Lipinski definition) is 7. The van der Waals surface area contributed by atoms with E-state index >= 15 is 0 Å². The van der Waals surface area contributed by atoms with Crippen LogP contribution in [-0.2, 0) is 11.2 Å². The maximum Gasteiger partial charge on any atom is 0.408 e. The predicted molar refractivity (Wildman–Crippen MR) is 111 cm³/mol. The zero-order chi connectivity index (χ0) is 20.6. The van der Waals surface area contributed by atoms with Gasteiger partial charge in [-0.3, -0.25) is 4.90 Å². The number of nitrogens with zero attached hydrogens (tertiary/aromatic N) is 4. The molecule has 1 aromatic carbocycles. The molecule has 0 radical (unpaired) electrons. The van der Waals surface area contributed by atoms with Crippen LogP contribution < -0.4 is 10.2 Å². The van der Waals surface area contributed by atoms with Crippen LogP contribution in [0.5, 0.6) is 0 Å². The molecule has 5 rings (SSSR count). The molecule has 3 aliphatic heterocycles. The second kappa shape index (κ2) is 7.91. The molecule has 3 fully saturated rings. The van der Waals surface area contributed by atoms with Gasteiger partial charge in [0.15, 0.2) is 5.82 Å². The van der Waals surface area contributed by atoms with Crippen LogP contribution in [-0.4, -0.2) is 65.0 Å². The largest absolute Gasteiger partial charge is 0.441 e. The number of anilines is 1. The lowest BCUT2D eigenvalue weighted by Gasteiger charge is -2.45. The first-order valence-electron chi connectivity index (χ1n) is 10.9. The molecule has 2 aromatic rings. The summed E-state index contributed by atoms with van der Waals surface area (Å²) < 4.78 is 11.2. The van der Waals surface area contributed by atoms with Crippen molar-refractivity contribution in [2.75, 3.05) is 31.1 Å². The summed E-state index contributed by atoms with van der Waals surface area (Å²) in [5, 5.41) is 6.97. The second-order valence-corrected chi connectivity index (χ2v) is 8.72. The van der Waals surface area contributed by atoms with E-state index in [0.717, 1.165) is 58.3 Å². The number of amides is 1. The van der Waals surface area contributed by atoms with Crippen molar-refractivity contribution in [3.63, 3.8) is 0 Å². The van der Waals surface area contributed by atoms with Crippen LogP contribution in [0.1, 0.15) is 37.1 Å². The highest BCUT2D eigenvalue weighted by Crippen LogP contribution is 2.37. The number of hydrogen-bond donors (Lipinski definition) is 1. The van der Waals surface area contributed by atoms with Crippen molar-refractivity contribution >= 4 is 12.1 Å². The molecule has 3 saturated heterocycles. The van der Waals surface area contributed by atoms with Gasteiger partial charge in [-0.2, -0.15) is 4.98 Å². The van der Waals surface area contributed by atoms with Crippen LogP contribution in [0.15, 0.2) is 34.9 Å². The summed E-state index contributed by atoms with van der Waals surface area (Å²) in [6.07, 6.45) is 4.47. The third kappa shape index (κ3) is 3.76. The average Bonchev–Trinajstić information content (AvgIpc) is 3.33. The van der Waals surface area contributed by atoms with Crippen molar-refractivity contribution < 1.29 is 14.1 Å². The highest BCUT2D eigenvalue weighted by molar-refractivity contribution is 5.71. The fourth-order valence-electron chi connectivity index (χ4n) is 5.20. The fraction of sp³-hybridized carbons (Fsp3) is 0.591. The third-order valence-corrected chi connectivity index (χ3v) is 6.92. The number of carbonyl (C=O) groups excluding carboxylic acids is 1. The highest BCUT2D eigenvalue weighted by Gasteiger charge is 2.51. The van der Waals surface area contributed by atoms with E-state index in [1.807, 2.05) is 25.1 Å². The lowest BCUT2D eigenvalue weighted by atomic mass is 9.81. The van der Waals surface area contributed by atoms with Crippen molar-refractivity contribution in [3.05, 3.63) is 41.7 Å². The van der Waals surface area contributed by atoms with Crippen LogP contribution in [0.2, 0.25) is 0 Å². The number of rotatable bonds is 4. The van der Waals surface area contributed by atoms with Crippen molar-refractivity contribution in [2.45, 2.75) is 56.7 Å². The first-order valence-corrected chi connectivity index (χ1v) is 10.9. The van der Waals surface area contributed by atoms with Gasteiger partial charge >= 0.3 is 12.1 Å². The Morgan fingerprint density at radius 3 is 2.53 bits per heavy atom. The van der Waals surface area contributed by atoms with Gasteiger partial charge in [0.25, 0.3) is 0 Å². The Hall–Kier alpha value is -2.61. The molecule has 0 aliphatic carbocycles. The van der Waals surface area contributed by atoms with E-state index in [2.05, 4.69) is 37.4 Å². The second-order valence-electron chi connectivity index (χ2n) is 8.72. The Kier molecular flexibility index (Phi) is 5.10. The van der Waals surface area contributed by atoms with Gasteiger partial charge in [-0.15, -0.1) is 0 Å². The summed E-state index contributed by atoms with van der Waals surface area (Å²) in [5.41, 5.74) is 0.851. The van der Waals surface area contributed by atoms with Crippen molar-refractivity contribution in [3.8, 4) is 0 Å². The average molecular weight is 412 g/mol. The Balaban J connectivity index is 1.18. The van der Waals surface area contributed by atoms with E-state index in [0.29, 0.717) is 17.9 Å². The molecule has 1 N–H and O–H groups in total. The molecule has 0 bridgehead atoms. The normalized spacial score (nSPS) is 24.8. The summed E-state index contributed by atoms with van der Waals surface area (Å²) in [6.45, 7) is 5.64. The molecule has 1 atom stereocenters. The maximum absolute atomic E-state index is 12.1. The molecular formula is C22H29N5O3. The maximum atomic E-state index is 12.1. The van der Waals surface area contributed by atoms with Gasteiger partial charge in [0.1, 0.15) is 5.60 Å². The number of alkyl carbamates (subject to hydrolysis) is 1. The van der Waals surface area contributed by atoms with Crippen molar-refractivity contribution in [1.82, 2.24) is 20.4 Å². The van der Waals surface area contributed by atoms with Gasteiger partial charge in [-0.1, -0.05) is 35.5 Å². The number of aryl methyl sites for hydroxylation is 1. The van der Waals surface area contributed by atoms with E-state index < -0.39 is 0 Å². The van der Waals surface area contributed by atoms with Crippen LogP contribution in [0.25, 0.3) is 0 Å². The molecule has 8 heteroatoms. The van der Waals surface area contributed by atoms with Gasteiger partial charge < -0.3 is 19.5 Å². The number of carbonyl (C=O) groups is 1. The van der Waals surface area contributed by atoms with E-state index in [1.54, 1.807) is 0 Å². The van der Waals surface area contributed by atoms with Gasteiger partial charge in [0.2, 0.25) is 0 Å². The molecule has 1 amide bonds. The molecule has 0 saturated carbocycles. The molecule has 4 heterocycles. The SMILES string of the molecule is Cc1noc(N2CCC(N3CCC4(CC3)OC(=O)NC4Cc3ccccc3)CC2)n1. The minimum absolute atomic E-state index is 0.0390. The van der Waals surface area contributed by atoms with Gasteiger partial charge in [-0.05, 0) is 31.7 Å². The van der Waals surface area contributed by atoms with Crippen molar-refractivity contribution in [1.29, 1.82) is 0 Å². The van der Waals surface area contributed by atoms with Crippen LogP contribution >= 0.6 is 0 Å². The highest BCUT2D eigenvalue weighted by atomic mass is 16.6. The molecule has 1 unspecified atom stereocenters. The summed E-state index contributed by atoms with van der Waals surface area (Å²) in [7, 11) is 0. The van der Waals surface area contributed by atoms with Gasteiger partial charge in [-0.25, -0.2) is 4.79 Å². The number of likely N-dealkylation sites (tertiary alicyclic amines) is 1. The standard InChI is InChI=1S/C22H29N5O3/c1-16-23-20(30-25-16)27-11-7-18(8-12-27)26-13-9-22(10-14-26)19(24-21(28)29-22)15-17-5-3-2-4-6-17/h2-6,18-19H,7-15H2,1H3,(H,24,28). The first kappa shape index (κ1) is 19.4. The van der Waals surface area contributed by atoms with E-state index in [-0.39, 0.29) is 17.7 Å². The van der Waals surface area contributed by atoms with Crippen LogP contribution in [0.3, 0.4) is 0 Å². The monoisotopic (exact) mass is 411 g/mol. The third-order valence-electron chi connectivity index (χ3n) is 6.92. The zero-order valence-electron chi connectivity index (χ0n) is 17.4. The Morgan fingerprint density at radius 2 is 1.87 bits per heavy atom. The van der Waals surface area contributed by atoms with Gasteiger partial charge in [0, 0.05) is 45.1 Å². The van der Waals surface area contributed by atoms with E-state index in [9.17, 15) is 4.79 Å². The molecule has 30 heavy (non-hydrogen) atoms. The fourth-order valence-corrected chi connectivity index (χ4v) is 5.20. The van der Waals surface area contributed by atoms with Crippen molar-refractivity contribution in [2.24, 2.45) is 0 Å². The lowest BCUT2D eigenvalue weighted by Crippen LogP contribution is -2.56. The Morgan fingerprint density at radius 1 is 1.13 bits per heavy atom. The zero-order valence-corrected chi connectivity index (χ0v) is 17.4. The molecule has 1 aromatic heterocycles. The molecule has 1 spiro atoms. The molecule has 8 nitrogen and oxygen atoms in total. The van der Waals surface area contributed by atoms with E-state index in [1.165, 1.54) is 5.56 Å². The quantitative estimate of drug-likeness (QED) is 0.828. The van der Waals surface area contributed by atoms with Crippen LogP contribution in [0, 0.1) is 6.92 Å². The number of benzene rings is 1. The summed E-state index contributed by atoms with van der Waals surface area (Å²) in [5.74, 6) is 0.679. The number of piperidine rings is 2. The minimum Gasteiger partial charge on any atom is -0.441 e. The Bertz CT molecular complexity index is 870. The topological polar surface area (TPSA) is 83.7 Å². The van der Waals surface area contributed by atoms with Gasteiger partial charge in [0.05, 0.1) is 6.04 Å². The van der Waals surface area contributed by atoms with Crippen LogP contribution in [0.4, 0.5) is 10.8 Å². The number of nitrogens with one attached hydrogen (secondary N) is 1. The Labute approximate surface area is 176 Å². The lowest BCUT2D eigenvalue weighted by molar-refractivity contribution is -0.0301. The molecule has 3 aliphatic rings. The first-order chi connectivity index (χ1) is 14.6. The van der Waals surface area contributed by atoms with E-state index in [4.69, 9.17) is 9.26 Å². The minimum atomic E-state index is -0.384.